The second-order valence-corrected chi connectivity index (χ2v) is 13.0. The number of aliphatic carboxylic acids is 1. The van der Waals surface area contributed by atoms with Crippen molar-refractivity contribution in [2.24, 2.45) is 11.8 Å². The van der Waals surface area contributed by atoms with Gasteiger partial charge in [0, 0.05) is 56.9 Å². The van der Waals surface area contributed by atoms with Gasteiger partial charge >= 0.3 is 12.1 Å². The van der Waals surface area contributed by atoms with E-state index in [0.717, 1.165) is 36.0 Å². The molecule has 1 N–H and O–H groups in total. The highest BCUT2D eigenvalue weighted by atomic mass is 19.4. The highest BCUT2D eigenvalue weighted by molar-refractivity contribution is 5.81. The number of hydrogen-bond donors (Lipinski definition) is 1. The highest BCUT2D eigenvalue weighted by Crippen LogP contribution is 2.42. The molecule has 238 valence electrons. The lowest BCUT2D eigenvalue weighted by atomic mass is 9.84. The van der Waals surface area contributed by atoms with Gasteiger partial charge in [-0.15, -0.1) is 0 Å². The number of alkyl halides is 3. The molecule has 0 radical (unpaired) electrons. The van der Waals surface area contributed by atoms with Gasteiger partial charge in [0.1, 0.15) is 5.75 Å². The number of halogens is 3. The number of amides is 1. The Morgan fingerprint density at radius 3 is 2.14 bits per heavy atom. The summed E-state index contributed by atoms with van der Waals surface area (Å²) in [5.74, 6) is -0.331. The van der Waals surface area contributed by atoms with Gasteiger partial charge in [-0.25, -0.2) is 0 Å². The maximum absolute atomic E-state index is 14.1. The molecule has 4 aliphatic rings. The molecule has 10 heteroatoms. The van der Waals surface area contributed by atoms with Gasteiger partial charge in [-0.1, -0.05) is 24.6 Å². The number of carboxylic acids is 1. The lowest BCUT2D eigenvalue weighted by Crippen LogP contribution is -2.44. The van der Waals surface area contributed by atoms with Gasteiger partial charge in [-0.05, 0) is 79.8 Å². The topological polar surface area (TPSA) is 73.3 Å². The Bertz CT molecular complexity index is 1330. The molecule has 44 heavy (non-hydrogen) atoms. The Morgan fingerprint density at radius 2 is 1.57 bits per heavy atom. The standard InChI is InChI=1S/C34H42F3N3O4/c1-44-27-8-5-22(6-9-27)29-20-40(26-3-2-4-26)21-30(29)32(41)39-17-11-23(12-18-39)28-10-7-25(34(35,36)37)19-31(28)38-15-13-24(14-16-38)33(42)43/h5-10,19,23-24,26,29-30H,2-4,11-18,20-21H2,1H3,(H,42,43)/t29-,30+/m0/s1. The van der Waals surface area contributed by atoms with Crippen LogP contribution in [0.3, 0.4) is 0 Å². The van der Waals surface area contributed by atoms with Crippen molar-refractivity contribution in [3.8, 4) is 5.75 Å². The third-order valence-electron chi connectivity index (χ3n) is 10.6. The minimum absolute atomic E-state index is 0.0287. The number of methoxy groups -OCH3 is 1. The van der Waals surface area contributed by atoms with E-state index in [-0.39, 0.29) is 23.7 Å². The summed E-state index contributed by atoms with van der Waals surface area (Å²) in [7, 11) is 1.65. The first-order valence-electron chi connectivity index (χ1n) is 16.0. The predicted molar refractivity (Wildman–Crippen MR) is 161 cm³/mol. The molecular formula is C34H42F3N3O4. The maximum atomic E-state index is 14.1. The van der Waals surface area contributed by atoms with E-state index in [4.69, 9.17) is 4.74 Å². The SMILES string of the molecule is COc1ccc([C@@H]2CN(C3CCC3)C[C@H]2C(=O)N2CCC(c3ccc(C(F)(F)F)cc3N3CCC(C(=O)O)CC3)CC2)cc1. The van der Waals surface area contributed by atoms with E-state index < -0.39 is 23.6 Å². The van der Waals surface area contributed by atoms with Crippen LogP contribution in [0, 0.1) is 11.8 Å². The molecule has 1 amide bonds. The third kappa shape index (κ3) is 6.28. The Morgan fingerprint density at radius 1 is 0.886 bits per heavy atom. The molecule has 7 nitrogen and oxygen atoms in total. The van der Waals surface area contributed by atoms with E-state index in [2.05, 4.69) is 17.0 Å². The average Bonchev–Trinajstić information content (AvgIpc) is 3.43. The summed E-state index contributed by atoms with van der Waals surface area (Å²) >= 11 is 0. The van der Waals surface area contributed by atoms with Crippen LogP contribution in [0.25, 0.3) is 0 Å². The van der Waals surface area contributed by atoms with Gasteiger partial charge in [0.2, 0.25) is 5.91 Å². The molecule has 2 atom stereocenters. The normalized spacial score (nSPS) is 24.4. The Kier molecular flexibility index (Phi) is 8.81. The van der Waals surface area contributed by atoms with Crippen LogP contribution in [0.15, 0.2) is 42.5 Å². The van der Waals surface area contributed by atoms with Crippen LogP contribution in [0.5, 0.6) is 5.75 Å². The van der Waals surface area contributed by atoms with Crippen LogP contribution < -0.4 is 9.64 Å². The highest BCUT2D eigenvalue weighted by Gasteiger charge is 2.44. The first kappa shape index (κ1) is 30.7. The molecule has 3 saturated heterocycles. The quantitative estimate of drug-likeness (QED) is 0.414. The predicted octanol–water partition coefficient (Wildman–Crippen LogP) is 5.99. The number of nitrogens with zero attached hydrogens (tertiary/aromatic N) is 3. The van der Waals surface area contributed by atoms with Crippen LogP contribution >= 0.6 is 0 Å². The number of carbonyl (C=O) groups is 2. The van der Waals surface area contributed by atoms with Crippen molar-refractivity contribution in [1.29, 1.82) is 0 Å². The zero-order valence-electron chi connectivity index (χ0n) is 25.3. The fourth-order valence-electron chi connectivity index (χ4n) is 7.68. The number of carboxylic acid groups (broad SMARTS) is 1. The smallest absolute Gasteiger partial charge is 0.416 e. The third-order valence-corrected chi connectivity index (χ3v) is 10.6. The van der Waals surface area contributed by atoms with Gasteiger partial charge in [0.25, 0.3) is 0 Å². The second kappa shape index (κ2) is 12.6. The van der Waals surface area contributed by atoms with Crippen molar-refractivity contribution >= 4 is 17.6 Å². The minimum atomic E-state index is -4.46. The number of anilines is 1. The molecule has 6 rings (SSSR count). The van der Waals surface area contributed by atoms with Crippen molar-refractivity contribution in [1.82, 2.24) is 9.80 Å². The molecule has 0 spiro atoms. The summed E-state index contributed by atoms with van der Waals surface area (Å²) in [5, 5.41) is 9.40. The molecule has 0 bridgehead atoms. The summed E-state index contributed by atoms with van der Waals surface area (Å²) < 4.78 is 46.5. The lowest BCUT2D eigenvalue weighted by molar-refractivity contribution is -0.142. The Labute approximate surface area is 257 Å². The zero-order chi connectivity index (χ0) is 31.0. The number of carbonyl (C=O) groups excluding carboxylic acids is 1. The number of likely N-dealkylation sites (tertiary alicyclic amines) is 2. The van der Waals surface area contributed by atoms with Crippen molar-refractivity contribution in [2.75, 3.05) is 51.3 Å². The van der Waals surface area contributed by atoms with Crippen molar-refractivity contribution in [3.05, 3.63) is 59.2 Å². The van der Waals surface area contributed by atoms with Crippen molar-refractivity contribution < 1.29 is 32.6 Å². The summed E-state index contributed by atoms with van der Waals surface area (Å²) in [5.41, 5.74) is 1.89. The molecule has 4 fully saturated rings. The number of benzene rings is 2. The van der Waals surface area contributed by atoms with E-state index >= 15 is 0 Å². The van der Waals surface area contributed by atoms with Crippen LogP contribution in [-0.4, -0.2) is 79.2 Å². The molecule has 0 aromatic heterocycles. The van der Waals surface area contributed by atoms with Gasteiger partial charge in [-0.3, -0.25) is 14.5 Å². The fourth-order valence-corrected chi connectivity index (χ4v) is 7.68. The average molecular weight is 614 g/mol. The monoisotopic (exact) mass is 613 g/mol. The summed E-state index contributed by atoms with van der Waals surface area (Å²) in [6.45, 7) is 3.59. The number of ether oxygens (including phenoxy) is 1. The van der Waals surface area contributed by atoms with E-state index in [9.17, 15) is 27.9 Å². The Balaban J connectivity index is 1.17. The van der Waals surface area contributed by atoms with Crippen LogP contribution in [0.4, 0.5) is 18.9 Å². The molecule has 2 aromatic carbocycles. The molecule has 1 saturated carbocycles. The van der Waals surface area contributed by atoms with Gasteiger partial charge in [0.15, 0.2) is 0 Å². The molecule has 3 heterocycles. The minimum Gasteiger partial charge on any atom is -0.497 e. The maximum Gasteiger partial charge on any atom is 0.416 e. The van der Waals surface area contributed by atoms with Gasteiger partial charge < -0.3 is 19.6 Å². The molecule has 2 aromatic rings. The molecule has 3 aliphatic heterocycles. The number of rotatable bonds is 7. The number of hydrogen-bond acceptors (Lipinski definition) is 5. The number of piperidine rings is 2. The molecule has 1 aliphatic carbocycles. The lowest BCUT2D eigenvalue weighted by Gasteiger charge is -2.38. The second-order valence-electron chi connectivity index (χ2n) is 13.0. The summed E-state index contributed by atoms with van der Waals surface area (Å²) in [4.78, 5) is 31.9. The largest absolute Gasteiger partial charge is 0.497 e. The first-order chi connectivity index (χ1) is 21.1. The first-order valence-corrected chi connectivity index (χ1v) is 16.0. The Hall–Kier alpha value is -3.27. The van der Waals surface area contributed by atoms with Gasteiger partial charge in [-0.2, -0.15) is 13.2 Å². The molecular weight excluding hydrogens is 571 g/mol. The van der Waals surface area contributed by atoms with Crippen LogP contribution in [0.2, 0.25) is 0 Å². The van der Waals surface area contributed by atoms with Crippen LogP contribution in [-0.2, 0) is 15.8 Å². The van der Waals surface area contributed by atoms with E-state index in [1.165, 1.54) is 25.3 Å². The molecule has 0 unspecified atom stereocenters. The van der Waals surface area contributed by atoms with Crippen molar-refractivity contribution in [2.45, 2.75) is 69.0 Å². The summed E-state index contributed by atoms with van der Waals surface area (Å²) in [6.07, 6.45) is 1.33. The van der Waals surface area contributed by atoms with E-state index in [1.807, 2.05) is 21.9 Å². The zero-order valence-corrected chi connectivity index (χ0v) is 25.3. The van der Waals surface area contributed by atoms with Crippen molar-refractivity contribution in [3.63, 3.8) is 0 Å². The van der Waals surface area contributed by atoms with Gasteiger partial charge in [0.05, 0.1) is 24.5 Å². The fraction of sp³-hybridized carbons (Fsp3) is 0.588. The summed E-state index contributed by atoms with van der Waals surface area (Å²) in [6, 6.07) is 12.6. The van der Waals surface area contributed by atoms with E-state index in [1.54, 1.807) is 13.2 Å². The van der Waals surface area contributed by atoms with Crippen LogP contribution in [0.1, 0.15) is 73.5 Å². The van der Waals surface area contributed by atoms with E-state index in [0.29, 0.717) is 63.6 Å².